The van der Waals surface area contributed by atoms with E-state index in [2.05, 4.69) is 0 Å². The summed E-state index contributed by atoms with van der Waals surface area (Å²) in [7, 11) is 0. The summed E-state index contributed by atoms with van der Waals surface area (Å²) in [5, 5.41) is 8.84. The molecule has 1 aromatic heterocycles. The fraction of sp³-hybridized carbons (Fsp3) is 0.167. The Bertz CT molecular complexity index is 721. The van der Waals surface area contributed by atoms with E-state index in [0.717, 1.165) is 6.07 Å². The molecule has 0 saturated heterocycles. The summed E-state index contributed by atoms with van der Waals surface area (Å²) < 4.78 is 14.9. The quantitative estimate of drug-likeness (QED) is 0.855. The van der Waals surface area contributed by atoms with Gasteiger partial charge in [-0.3, -0.25) is 14.2 Å². The lowest BCUT2D eigenvalue weighted by atomic mass is 10.1. The highest BCUT2D eigenvalue weighted by atomic mass is 35.5. The van der Waals surface area contributed by atoms with Crippen molar-refractivity contribution in [1.82, 2.24) is 4.57 Å². The number of carboxylic acid groups (broad SMARTS) is 1. The number of aromatic carboxylic acids is 1. The Labute approximate surface area is 124 Å². The van der Waals surface area contributed by atoms with Gasteiger partial charge in [0.1, 0.15) is 11.4 Å². The van der Waals surface area contributed by atoms with E-state index in [4.69, 9.17) is 16.7 Å². The van der Waals surface area contributed by atoms with Gasteiger partial charge in [-0.2, -0.15) is 0 Å². The third-order valence-corrected chi connectivity index (χ3v) is 2.98. The van der Waals surface area contributed by atoms with Crippen molar-refractivity contribution in [2.45, 2.75) is 13.5 Å². The highest BCUT2D eigenvalue weighted by molar-refractivity contribution is 6.31. The molecule has 0 aliphatic carbocycles. The molecule has 0 aliphatic heterocycles. The average molecular weight is 324 g/mol. The van der Waals surface area contributed by atoms with Crippen LogP contribution in [0.1, 0.15) is 17.3 Å². The van der Waals surface area contributed by atoms with Crippen LogP contribution in [0.25, 0.3) is 10.9 Å². The van der Waals surface area contributed by atoms with Crippen LogP contribution in [0, 0.1) is 5.82 Å². The van der Waals surface area contributed by atoms with Crippen molar-refractivity contribution in [3.63, 3.8) is 0 Å². The first-order chi connectivity index (χ1) is 8.45. The van der Waals surface area contributed by atoms with Crippen LogP contribution < -0.4 is 5.43 Å². The third kappa shape index (κ3) is 3.58. The van der Waals surface area contributed by atoms with Gasteiger partial charge in [0, 0.05) is 18.1 Å². The van der Waals surface area contributed by atoms with Crippen LogP contribution in [0.2, 0.25) is 5.02 Å². The van der Waals surface area contributed by atoms with Gasteiger partial charge in [0.25, 0.3) is 0 Å². The maximum Gasteiger partial charge on any atom is 0.341 e. The Morgan fingerprint density at radius 3 is 2.43 bits per heavy atom. The van der Waals surface area contributed by atoms with E-state index in [1.807, 2.05) is 0 Å². The fourth-order valence-corrected chi connectivity index (χ4v) is 1.96. The van der Waals surface area contributed by atoms with E-state index in [9.17, 15) is 14.0 Å². The fourth-order valence-electron chi connectivity index (χ4n) is 1.80. The molecular formula is C12H14BClF3NO3. The standard InChI is InChI=1S/C12H9ClFNO3.BH3.2FH/c1-2-15-5-7(12(17)18)11(16)6-3-9(14)8(13)4-10(6)15;;;/h3-5H,2H2,1H3,(H,17,18);1H3;2*1H. The molecule has 21 heavy (non-hydrogen) atoms. The Morgan fingerprint density at radius 2 is 1.95 bits per heavy atom. The molecule has 116 valence electrons. The minimum Gasteiger partial charge on any atom is -0.477 e. The number of hydrogen-bond donors (Lipinski definition) is 1. The molecule has 0 unspecified atom stereocenters. The largest absolute Gasteiger partial charge is 0.477 e. The zero-order valence-corrected chi connectivity index (χ0v) is 11.0. The Hall–Kier alpha value is -1.96. The maximum absolute atomic E-state index is 13.4. The molecule has 0 saturated carbocycles. The number of aryl methyl sites for hydroxylation is 1. The predicted octanol–water partition coefficient (Wildman–Crippen LogP) is 1.63. The smallest absolute Gasteiger partial charge is 0.341 e. The number of carbonyl (C=O) groups is 1. The number of benzene rings is 1. The molecule has 0 atom stereocenters. The molecule has 1 aromatic carbocycles. The second-order valence-corrected chi connectivity index (χ2v) is 4.15. The molecule has 2 rings (SSSR count). The highest BCUT2D eigenvalue weighted by Crippen LogP contribution is 2.21. The van der Waals surface area contributed by atoms with Crippen LogP contribution in [0.3, 0.4) is 0 Å². The molecule has 0 bridgehead atoms. The van der Waals surface area contributed by atoms with Gasteiger partial charge in [0.2, 0.25) is 5.43 Å². The normalized spacial score (nSPS) is 9.29. The molecule has 0 amide bonds. The Morgan fingerprint density at radius 1 is 1.38 bits per heavy atom. The average Bonchev–Trinajstić information content (AvgIpc) is 2.32. The van der Waals surface area contributed by atoms with Crippen molar-refractivity contribution in [2.24, 2.45) is 0 Å². The van der Waals surface area contributed by atoms with E-state index in [1.54, 1.807) is 11.5 Å². The van der Waals surface area contributed by atoms with Gasteiger partial charge in [0.15, 0.2) is 0 Å². The van der Waals surface area contributed by atoms with Crippen LogP contribution in [-0.2, 0) is 6.54 Å². The monoisotopic (exact) mass is 323 g/mol. The first-order valence-electron chi connectivity index (χ1n) is 5.21. The second kappa shape index (κ2) is 7.73. The molecule has 4 nitrogen and oxygen atoms in total. The van der Waals surface area contributed by atoms with Crippen molar-refractivity contribution in [3.8, 4) is 0 Å². The van der Waals surface area contributed by atoms with Gasteiger partial charge >= 0.3 is 5.97 Å². The van der Waals surface area contributed by atoms with Gasteiger partial charge in [-0.05, 0) is 19.1 Å². The van der Waals surface area contributed by atoms with Gasteiger partial charge in [-0.15, -0.1) is 0 Å². The summed E-state index contributed by atoms with van der Waals surface area (Å²) in [6, 6.07) is 2.29. The van der Waals surface area contributed by atoms with Crippen LogP contribution in [0.4, 0.5) is 13.8 Å². The number of halogens is 4. The van der Waals surface area contributed by atoms with Crippen LogP contribution in [0.5, 0.6) is 0 Å². The minimum atomic E-state index is -1.33. The third-order valence-electron chi connectivity index (χ3n) is 2.69. The van der Waals surface area contributed by atoms with E-state index in [0.29, 0.717) is 12.1 Å². The topological polar surface area (TPSA) is 59.3 Å². The lowest BCUT2D eigenvalue weighted by molar-refractivity contribution is 0.0695. The molecule has 0 radical (unpaired) electrons. The predicted molar refractivity (Wildman–Crippen MR) is 80.8 cm³/mol. The summed E-state index contributed by atoms with van der Waals surface area (Å²) in [6.45, 7) is 2.23. The van der Waals surface area contributed by atoms with Gasteiger partial charge in [0.05, 0.1) is 19.0 Å². The number of aromatic nitrogens is 1. The van der Waals surface area contributed by atoms with E-state index in [-0.39, 0.29) is 33.8 Å². The summed E-state index contributed by atoms with van der Waals surface area (Å²) >= 11 is 5.66. The Kier molecular flexibility index (Phi) is 7.86. The molecular weight excluding hydrogens is 309 g/mol. The van der Waals surface area contributed by atoms with Gasteiger partial charge < -0.3 is 9.67 Å². The first kappa shape index (κ1) is 21.3. The summed E-state index contributed by atoms with van der Waals surface area (Å²) in [5.74, 6) is -2.08. The van der Waals surface area contributed by atoms with Crippen molar-refractivity contribution in [2.75, 3.05) is 0 Å². The highest BCUT2D eigenvalue weighted by Gasteiger charge is 2.15. The molecule has 1 heterocycles. The number of fused-ring (bicyclic) bond motifs is 1. The van der Waals surface area contributed by atoms with Gasteiger partial charge in [-0.25, -0.2) is 9.18 Å². The number of rotatable bonds is 2. The van der Waals surface area contributed by atoms with Crippen LogP contribution >= 0.6 is 11.6 Å². The number of carboxylic acids is 1. The molecule has 0 aliphatic rings. The summed E-state index contributed by atoms with van der Waals surface area (Å²) in [5.41, 5.74) is -0.678. The molecule has 2 aromatic rings. The molecule has 0 fully saturated rings. The number of pyridine rings is 1. The zero-order valence-electron chi connectivity index (χ0n) is 10.2. The summed E-state index contributed by atoms with van der Waals surface area (Å²) in [4.78, 5) is 22.8. The zero-order chi connectivity index (χ0) is 13.4. The van der Waals surface area contributed by atoms with E-state index in [1.165, 1.54) is 12.3 Å². The second-order valence-electron chi connectivity index (χ2n) is 3.75. The van der Waals surface area contributed by atoms with Crippen molar-refractivity contribution in [1.29, 1.82) is 0 Å². The van der Waals surface area contributed by atoms with Crippen LogP contribution in [0.15, 0.2) is 23.1 Å². The van der Waals surface area contributed by atoms with E-state index >= 15 is 0 Å². The molecule has 9 heteroatoms. The van der Waals surface area contributed by atoms with Crippen molar-refractivity contribution < 1.29 is 23.7 Å². The maximum atomic E-state index is 13.4. The summed E-state index contributed by atoms with van der Waals surface area (Å²) in [6.07, 6.45) is 1.24. The van der Waals surface area contributed by atoms with Crippen molar-refractivity contribution in [3.05, 3.63) is 45.0 Å². The first-order valence-corrected chi connectivity index (χ1v) is 5.59. The minimum absolute atomic E-state index is 0. The SMILES string of the molecule is B.CCn1cc(C(=O)O)c(=O)c2cc(F)c(Cl)cc21.F.F. The van der Waals surface area contributed by atoms with Crippen molar-refractivity contribution >= 4 is 36.9 Å². The lowest BCUT2D eigenvalue weighted by Crippen LogP contribution is -2.18. The molecule has 1 N–H and O–H groups in total. The van der Waals surface area contributed by atoms with E-state index < -0.39 is 17.2 Å². The lowest BCUT2D eigenvalue weighted by Gasteiger charge is -2.10. The van der Waals surface area contributed by atoms with Crippen LogP contribution in [-0.4, -0.2) is 24.1 Å². The molecule has 0 spiro atoms. The van der Waals surface area contributed by atoms with Gasteiger partial charge in [-0.1, -0.05) is 11.6 Å². The Balaban J connectivity index is 0. The number of hydrogen-bond acceptors (Lipinski definition) is 2. The number of nitrogens with zero attached hydrogens (tertiary/aromatic N) is 1.